The van der Waals surface area contributed by atoms with Gasteiger partial charge in [0.05, 0.1) is 23.9 Å². The molecule has 1 aromatic carbocycles. The van der Waals surface area contributed by atoms with Gasteiger partial charge in [-0.25, -0.2) is 24.3 Å². The number of nitrogens with zero attached hydrogens (tertiary/aromatic N) is 5. The average Bonchev–Trinajstić information content (AvgIpc) is 3.53. The van der Waals surface area contributed by atoms with E-state index in [-0.39, 0.29) is 5.82 Å². The molecular weight excluding hydrogens is 457 g/mol. The van der Waals surface area contributed by atoms with Gasteiger partial charge < -0.3 is 19.6 Å². The van der Waals surface area contributed by atoms with E-state index in [1.54, 1.807) is 31.8 Å². The van der Waals surface area contributed by atoms with Crippen LogP contribution in [0.15, 0.2) is 55.0 Å². The molecule has 0 atom stereocenters. The van der Waals surface area contributed by atoms with Gasteiger partial charge in [0.1, 0.15) is 29.4 Å². The molecule has 0 saturated carbocycles. The number of pyridine rings is 1. The number of piperidine rings is 1. The normalized spacial score (nSPS) is 14.5. The number of fused-ring (bicyclic) bond motifs is 1. The molecule has 0 aliphatic carbocycles. The van der Waals surface area contributed by atoms with Crippen LogP contribution in [0, 0.1) is 12.7 Å². The number of halogens is 1. The molecule has 1 aliphatic heterocycles. The largest absolute Gasteiger partial charge is 0.481 e. The molecule has 0 radical (unpaired) electrons. The predicted octanol–water partition coefficient (Wildman–Crippen LogP) is 5.25. The molecule has 5 heterocycles. The number of aromatic nitrogens is 6. The Kier molecular flexibility index (Phi) is 5.59. The molecule has 2 N–H and O–H groups in total. The summed E-state index contributed by atoms with van der Waals surface area (Å²) in [5.41, 5.74) is 5.32. The first-order valence-electron chi connectivity index (χ1n) is 12.0. The van der Waals surface area contributed by atoms with Crippen LogP contribution in [-0.4, -0.2) is 50.1 Å². The van der Waals surface area contributed by atoms with Gasteiger partial charge in [-0.2, -0.15) is 0 Å². The number of benzene rings is 1. The molecule has 8 nitrogen and oxygen atoms in total. The van der Waals surface area contributed by atoms with Crippen molar-refractivity contribution in [2.24, 2.45) is 0 Å². The van der Waals surface area contributed by atoms with E-state index >= 15 is 0 Å². The molecule has 182 valence electrons. The smallest absolute Gasteiger partial charge is 0.213 e. The standard InChI is InChI=1S/C27H26FN7O/c1-16-24(19-4-3-5-20(28)12-19)34-25(32-16)17-7-10-35(11-8-17)27-21-14-22(33-26(21)30-15-31-27)18-6-9-29-23(13-18)36-2/h3-6,9,12-15,17H,7-8,10-11H2,1-2H3,(H,32,34)(H,30,31,33). The zero-order chi connectivity index (χ0) is 24.6. The first-order valence-corrected chi connectivity index (χ1v) is 12.0. The number of H-pyrrole nitrogens is 2. The first kappa shape index (κ1) is 22.2. The Morgan fingerprint density at radius 2 is 1.86 bits per heavy atom. The van der Waals surface area contributed by atoms with E-state index in [0.717, 1.165) is 76.8 Å². The third-order valence-corrected chi connectivity index (χ3v) is 6.86. The predicted molar refractivity (Wildman–Crippen MR) is 137 cm³/mol. The SMILES string of the molecule is COc1cc(-c2cc3c(N4CCC(c5nc(C)c(-c6cccc(F)c6)[nH]5)CC4)ncnc3[nH]2)ccn1. The Morgan fingerprint density at radius 1 is 1.00 bits per heavy atom. The minimum Gasteiger partial charge on any atom is -0.481 e. The Morgan fingerprint density at radius 3 is 2.67 bits per heavy atom. The van der Waals surface area contributed by atoms with Gasteiger partial charge in [-0.1, -0.05) is 12.1 Å². The number of ether oxygens (including phenoxy) is 1. The van der Waals surface area contributed by atoms with Gasteiger partial charge in [0.15, 0.2) is 0 Å². The molecule has 0 spiro atoms. The highest BCUT2D eigenvalue weighted by molar-refractivity contribution is 5.92. The molecule has 1 aliphatic rings. The van der Waals surface area contributed by atoms with Crippen molar-refractivity contribution in [3.8, 4) is 28.4 Å². The molecule has 9 heteroatoms. The number of rotatable bonds is 5. The quantitative estimate of drug-likeness (QED) is 0.355. The topological polar surface area (TPSA) is 95.6 Å². The molecule has 5 aromatic rings. The van der Waals surface area contributed by atoms with Gasteiger partial charge in [-0.15, -0.1) is 0 Å². The Bertz CT molecular complexity index is 1530. The van der Waals surface area contributed by atoms with Crippen LogP contribution in [0.25, 0.3) is 33.5 Å². The summed E-state index contributed by atoms with van der Waals surface area (Å²) in [5, 5.41) is 0.990. The lowest BCUT2D eigenvalue weighted by Gasteiger charge is -2.32. The maximum atomic E-state index is 13.7. The number of nitrogens with one attached hydrogen (secondary N) is 2. The van der Waals surface area contributed by atoms with E-state index in [1.165, 1.54) is 6.07 Å². The number of hydrogen-bond donors (Lipinski definition) is 2. The number of anilines is 1. The average molecular weight is 484 g/mol. The molecule has 4 aromatic heterocycles. The second-order valence-corrected chi connectivity index (χ2v) is 9.08. The van der Waals surface area contributed by atoms with Crippen LogP contribution in [0.2, 0.25) is 0 Å². The van der Waals surface area contributed by atoms with Crippen LogP contribution < -0.4 is 9.64 Å². The highest BCUT2D eigenvalue weighted by Crippen LogP contribution is 2.34. The van der Waals surface area contributed by atoms with Crippen LogP contribution in [0.5, 0.6) is 5.88 Å². The number of aromatic amines is 2. The van der Waals surface area contributed by atoms with Crippen molar-refractivity contribution in [2.45, 2.75) is 25.7 Å². The minimum absolute atomic E-state index is 0.247. The van der Waals surface area contributed by atoms with Crippen LogP contribution in [0.3, 0.4) is 0 Å². The Labute approximate surface area is 207 Å². The first-order chi connectivity index (χ1) is 17.6. The summed E-state index contributed by atoms with van der Waals surface area (Å²) in [6.45, 7) is 3.68. The molecule has 1 saturated heterocycles. The van der Waals surface area contributed by atoms with E-state index in [9.17, 15) is 4.39 Å². The van der Waals surface area contributed by atoms with Crippen molar-refractivity contribution >= 4 is 16.9 Å². The second kappa shape index (κ2) is 9.07. The lowest BCUT2D eigenvalue weighted by molar-refractivity contribution is 0.398. The Hall–Kier alpha value is -4.27. The van der Waals surface area contributed by atoms with Gasteiger partial charge in [0.25, 0.3) is 0 Å². The Balaban J connectivity index is 1.22. The van der Waals surface area contributed by atoms with E-state index in [1.807, 2.05) is 25.1 Å². The molecule has 0 bridgehead atoms. The summed E-state index contributed by atoms with van der Waals surface area (Å²) in [5.74, 6) is 2.52. The fraction of sp³-hybridized carbons (Fsp3) is 0.259. The zero-order valence-electron chi connectivity index (χ0n) is 20.1. The minimum atomic E-state index is -0.247. The van der Waals surface area contributed by atoms with E-state index in [2.05, 4.69) is 35.9 Å². The van der Waals surface area contributed by atoms with Crippen molar-refractivity contribution in [2.75, 3.05) is 25.1 Å². The van der Waals surface area contributed by atoms with Crippen LogP contribution in [0.4, 0.5) is 10.2 Å². The maximum absolute atomic E-state index is 13.7. The third-order valence-electron chi connectivity index (χ3n) is 6.86. The summed E-state index contributed by atoms with van der Waals surface area (Å²) in [4.78, 5) is 27.3. The van der Waals surface area contributed by atoms with Gasteiger partial charge in [-0.3, -0.25) is 0 Å². The third kappa shape index (κ3) is 4.06. The molecule has 0 amide bonds. The summed E-state index contributed by atoms with van der Waals surface area (Å²) in [6, 6.07) is 12.6. The lowest BCUT2D eigenvalue weighted by atomic mass is 9.96. The fourth-order valence-electron chi connectivity index (χ4n) is 4.99. The van der Waals surface area contributed by atoms with Gasteiger partial charge >= 0.3 is 0 Å². The van der Waals surface area contributed by atoms with Crippen LogP contribution in [0.1, 0.15) is 30.3 Å². The zero-order valence-corrected chi connectivity index (χ0v) is 20.1. The van der Waals surface area contributed by atoms with E-state index in [4.69, 9.17) is 9.72 Å². The number of methoxy groups -OCH3 is 1. The number of hydrogen-bond acceptors (Lipinski definition) is 6. The van der Waals surface area contributed by atoms with Gasteiger partial charge in [-0.05, 0) is 44.0 Å². The lowest BCUT2D eigenvalue weighted by Crippen LogP contribution is -2.33. The molecule has 0 unspecified atom stereocenters. The van der Waals surface area contributed by atoms with Crippen molar-refractivity contribution in [1.29, 1.82) is 0 Å². The number of imidazole rings is 1. The second-order valence-electron chi connectivity index (χ2n) is 9.08. The van der Waals surface area contributed by atoms with Gasteiger partial charge in [0.2, 0.25) is 5.88 Å². The molecular formula is C27H26FN7O. The highest BCUT2D eigenvalue weighted by Gasteiger charge is 2.26. The van der Waals surface area contributed by atoms with Crippen molar-refractivity contribution in [1.82, 2.24) is 29.9 Å². The van der Waals surface area contributed by atoms with Crippen LogP contribution in [-0.2, 0) is 0 Å². The monoisotopic (exact) mass is 483 g/mol. The fourth-order valence-corrected chi connectivity index (χ4v) is 4.99. The van der Waals surface area contributed by atoms with E-state index in [0.29, 0.717) is 11.8 Å². The maximum Gasteiger partial charge on any atom is 0.213 e. The molecule has 6 rings (SSSR count). The van der Waals surface area contributed by atoms with Crippen molar-refractivity contribution in [3.05, 3.63) is 72.3 Å². The molecule has 36 heavy (non-hydrogen) atoms. The summed E-state index contributed by atoms with van der Waals surface area (Å²) in [7, 11) is 1.61. The van der Waals surface area contributed by atoms with Crippen LogP contribution >= 0.6 is 0 Å². The van der Waals surface area contributed by atoms with E-state index < -0.39 is 0 Å². The summed E-state index contributed by atoms with van der Waals surface area (Å²) < 4.78 is 19.0. The van der Waals surface area contributed by atoms with Gasteiger partial charge in [0, 0.05) is 48.1 Å². The van der Waals surface area contributed by atoms with Crippen molar-refractivity contribution < 1.29 is 9.13 Å². The molecule has 1 fully saturated rings. The van der Waals surface area contributed by atoms with Crippen molar-refractivity contribution in [3.63, 3.8) is 0 Å². The number of aryl methyl sites for hydroxylation is 1. The summed E-state index contributed by atoms with van der Waals surface area (Å²) >= 11 is 0. The summed E-state index contributed by atoms with van der Waals surface area (Å²) in [6.07, 6.45) is 5.23. The highest BCUT2D eigenvalue weighted by atomic mass is 19.1.